The zero-order valence-electron chi connectivity index (χ0n) is 15.4. The molecule has 0 aliphatic carbocycles. The number of amides is 2. The van der Waals surface area contributed by atoms with E-state index in [1.165, 1.54) is 0 Å². The minimum absolute atomic E-state index is 0.00659. The normalized spacial score (nSPS) is 14.8. The van der Waals surface area contributed by atoms with Crippen LogP contribution in [0.15, 0.2) is 54.9 Å². The summed E-state index contributed by atoms with van der Waals surface area (Å²) in [5.74, 6) is 0.541. The van der Waals surface area contributed by atoms with Crippen LogP contribution in [-0.4, -0.2) is 52.4 Å². The van der Waals surface area contributed by atoms with Crippen LogP contribution in [0, 0.1) is 0 Å². The molecule has 144 valence electrons. The fraction of sp³-hybridized carbons (Fsp3) is 0.286. The maximum Gasteiger partial charge on any atom is 0.258 e. The van der Waals surface area contributed by atoms with Crippen molar-refractivity contribution < 1.29 is 14.3 Å². The third kappa shape index (κ3) is 4.14. The number of imidazole rings is 1. The zero-order chi connectivity index (χ0) is 19.3. The number of hydrogen-bond acceptors (Lipinski definition) is 4. The highest BCUT2D eigenvalue weighted by Gasteiger charge is 2.25. The molecule has 0 radical (unpaired) electrons. The second-order valence-electron chi connectivity index (χ2n) is 6.87. The lowest BCUT2D eigenvalue weighted by atomic mass is 10.0. The summed E-state index contributed by atoms with van der Waals surface area (Å²) >= 11 is 0. The Morgan fingerprint density at radius 1 is 1.14 bits per heavy atom. The van der Waals surface area contributed by atoms with E-state index in [1.54, 1.807) is 12.4 Å². The molecule has 7 nitrogen and oxygen atoms in total. The molecular weight excluding hydrogens is 356 g/mol. The maximum atomic E-state index is 12.7. The van der Waals surface area contributed by atoms with Gasteiger partial charge in [-0.2, -0.15) is 0 Å². The SMILES string of the molecule is O=C(COc1ccccc1)NC1CCN(C(=O)c2ccc3nc[nH]c3c2)CC1. The largest absolute Gasteiger partial charge is 0.484 e. The van der Waals surface area contributed by atoms with Crippen molar-refractivity contribution in [1.82, 2.24) is 20.2 Å². The first-order valence-electron chi connectivity index (χ1n) is 9.39. The van der Waals surface area contributed by atoms with E-state index in [1.807, 2.05) is 47.4 Å². The van der Waals surface area contributed by atoms with Crippen molar-refractivity contribution in [3.05, 3.63) is 60.4 Å². The molecule has 1 fully saturated rings. The molecule has 1 aliphatic heterocycles. The highest BCUT2D eigenvalue weighted by molar-refractivity contribution is 5.97. The quantitative estimate of drug-likeness (QED) is 0.714. The molecule has 0 saturated carbocycles. The van der Waals surface area contributed by atoms with Crippen LogP contribution >= 0.6 is 0 Å². The number of benzene rings is 2. The van der Waals surface area contributed by atoms with Crippen LogP contribution in [0.25, 0.3) is 11.0 Å². The van der Waals surface area contributed by atoms with Crippen molar-refractivity contribution in [2.75, 3.05) is 19.7 Å². The van der Waals surface area contributed by atoms with Gasteiger partial charge in [0.25, 0.3) is 11.8 Å². The number of aromatic nitrogens is 2. The second-order valence-corrected chi connectivity index (χ2v) is 6.87. The third-order valence-electron chi connectivity index (χ3n) is 4.93. The Bertz CT molecular complexity index is 962. The van der Waals surface area contributed by atoms with Crippen molar-refractivity contribution in [3.63, 3.8) is 0 Å². The number of nitrogens with zero attached hydrogens (tertiary/aromatic N) is 2. The van der Waals surface area contributed by atoms with Crippen molar-refractivity contribution in [3.8, 4) is 5.75 Å². The van der Waals surface area contributed by atoms with E-state index >= 15 is 0 Å². The summed E-state index contributed by atoms with van der Waals surface area (Å²) in [6.07, 6.45) is 3.08. The summed E-state index contributed by atoms with van der Waals surface area (Å²) in [4.78, 5) is 33.9. The fourth-order valence-corrected chi connectivity index (χ4v) is 3.41. The number of carbonyl (C=O) groups is 2. The zero-order valence-corrected chi connectivity index (χ0v) is 15.4. The highest BCUT2D eigenvalue weighted by Crippen LogP contribution is 2.17. The monoisotopic (exact) mass is 378 g/mol. The maximum absolute atomic E-state index is 12.7. The van der Waals surface area contributed by atoms with E-state index in [0.29, 0.717) is 24.4 Å². The van der Waals surface area contributed by atoms with E-state index in [0.717, 1.165) is 23.9 Å². The van der Waals surface area contributed by atoms with E-state index in [-0.39, 0.29) is 24.5 Å². The number of hydrogen-bond donors (Lipinski definition) is 2. The topological polar surface area (TPSA) is 87.3 Å². The smallest absolute Gasteiger partial charge is 0.258 e. The number of carbonyl (C=O) groups excluding carboxylic acids is 2. The molecule has 1 aromatic heterocycles. The summed E-state index contributed by atoms with van der Waals surface area (Å²) in [5.41, 5.74) is 2.35. The Balaban J connectivity index is 1.25. The van der Waals surface area contributed by atoms with Crippen LogP contribution in [0.5, 0.6) is 5.75 Å². The molecule has 2 N–H and O–H groups in total. The van der Waals surface area contributed by atoms with Crippen molar-refractivity contribution in [2.45, 2.75) is 18.9 Å². The third-order valence-corrected chi connectivity index (χ3v) is 4.93. The lowest BCUT2D eigenvalue weighted by molar-refractivity contribution is -0.124. The molecule has 28 heavy (non-hydrogen) atoms. The van der Waals surface area contributed by atoms with Crippen LogP contribution in [0.3, 0.4) is 0 Å². The summed E-state index contributed by atoms with van der Waals surface area (Å²) in [7, 11) is 0. The Morgan fingerprint density at radius 3 is 2.71 bits per heavy atom. The molecule has 2 amide bonds. The minimum Gasteiger partial charge on any atom is -0.484 e. The van der Waals surface area contributed by atoms with Crippen LogP contribution in [0.2, 0.25) is 0 Å². The van der Waals surface area contributed by atoms with Gasteiger partial charge in [-0.05, 0) is 43.2 Å². The first kappa shape index (κ1) is 18.0. The molecule has 1 aliphatic rings. The van der Waals surface area contributed by atoms with E-state index < -0.39 is 0 Å². The lowest BCUT2D eigenvalue weighted by Crippen LogP contribution is -2.47. The Hall–Kier alpha value is -3.35. The number of para-hydroxylation sites is 1. The summed E-state index contributed by atoms with van der Waals surface area (Å²) in [6.45, 7) is 1.22. The molecular formula is C21H22N4O3. The standard InChI is InChI=1S/C21H22N4O3/c26-20(13-28-17-4-2-1-3-5-17)24-16-8-10-25(11-9-16)21(27)15-6-7-18-19(12-15)23-14-22-18/h1-7,12,14,16H,8-11,13H2,(H,22,23)(H,24,26). The Labute approximate surface area is 162 Å². The lowest BCUT2D eigenvalue weighted by Gasteiger charge is -2.32. The van der Waals surface area contributed by atoms with Crippen molar-refractivity contribution in [2.24, 2.45) is 0 Å². The van der Waals surface area contributed by atoms with E-state index in [2.05, 4.69) is 15.3 Å². The van der Waals surface area contributed by atoms with Gasteiger partial charge in [-0.3, -0.25) is 9.59 Å². The highest BCUT2D eigenvalue weighted by atomic mass is 16.5. The number of piperidine rings is 1. The fourth-order valence-electron chi connectivity index (χ4n) is 3.41. The first-order valence-corrected chi connectivity index (χ1v) is 9.39. The van der Waals surface area contributed by atoms with Gasteiger partial charge < -0.3 is 19.9 Å². The number of likely N-dealkylation sites (tertiary alicyclic amines) is 1. The van der Waals surface area contributed by atoms with Gasteiger partial charge in [0.05, 0.1) is 17.4 Å². The van der Waals surface area contributed by atoms with Gasteiger partial charge in [0.15, 0.2) is 6.61 Å². The average Bonchev–Trinajstić information content (AvgIpc) is 3.21. The minimum atomic E-state index is -0.140. The van der Waals surface area contributed by atoms with Crippen molar-refractivity contribution >= 4 is 22.8 Å². The van der Waals surface area contributed by atoms with Crippen LogP contribution in [0.4, 0.5) is 0 Å². The number of ether oxygens (including phenoxy) is 1. The number of aromatic amines is 1. The van der Waals surface area contributed by atoms with Gasteiger partial charge in [-0.1, -0.05) is 18.2 Å². The van der Waals surface area contributed by atoms with Crippen molar-refractivity contribution in [1.29, 1.82) is 0 Å². The molecule has 3 aromatic rings. The van der Waals surface area contributed by atoms with Crippen LogP contribution < -0.4 is 10.1 Å². The molecule has 4 rings (SSSR count). The van der Waals surface area contributed by atoms with Crippen LogP contribution in [-0.2, 0) is 4.79 Å². The Morgan fingerprint density at radius 2 is 1.93 bits per heavy atom. The molecule has 0 unspecified atom stereocenters. The van der Waals surface area contributed by atoms with Gasteiger partial charge in [0, 0.05) is 24.7 Å². The number of nitrogens with one attached hydrogen (secondary N) is 2. The van der Waals surface area contributed by atoms with Gasteiger partial charge in [-0.15, -0.1) is 0 Å². The molecule has 0 atom stereocenters. The predicted molar refractivity (Wildman–Crippen MR) is 105 cm³/mol. The summed E-state index contributed by atoms with van der Waals surface area (Å²) in [5, 5.41) is 2.99. The van der Waals surface area contributed by atoms with Gasteiger partial charge in [0.1, 0.15) is 5.75 Å². The first-order chi connectivity index (χ1) is 13.7. The number of rotatable bonds is 5. The molecule has 0 bridgehead atoms. The molecule has 2 aromatic carbocycles. The number of H-pyrrole nitrogens is 1. The molecule has 7 heteroatoms. The van der Waals surface area contributed by atoms with Crippen LogP contribution in [0.1, 0.15) is 23.2 Å². The van der Waals surface area contributed by atoms with Gasteiger partial charge >= 0.3 is 0 Å². The Kier molecular flexibility index (Phi) is 5.23. The van der Waals surface area contributed by atoms with E-state index in [4.69, 9.17) is 4.74 Å². The van der Waals surface area contributed by atoms with Gasteiger partial charge in [0.2, 0.25) is 0 Å². The molecule has 1 saturated heterocycles. The van der Waals surface area contributed by atoms with Gasteiger partial charge in [-0.25, -0.2) is 4.98 Å². The number of fused-ring (bicyclic) bond motifs is 1. The predicted octanol–water partition coefficient (Wildman–Crippen LogP) is 2.36. The van der Waals surface area contributed by atoms with E-state index in [9.17, 15) is 9.59 Å². The summed E-state index contributed by atoms with van der Waals surface area (Å²) in [6, 6.07) is 14.8. The average molecular weight is 378 g/mol. The second kappa shape index (κ2) is 8.12. The molecule has 0 spiro atoms. The molecule has 2 heterocycles. The summed E-state index contributed by atoms with van der Waals surface area (Å²) < 4.78 is 5.47.